The Morgan fingerprint density at radius 3 is 1.00 bits per heavy atom. The van der Waals surface area contributed by atoms with Crippen LogP contribution in [0.5, 0.6) is 0 Å². The SMILES string of the molecule is [Fe].[Ge].[In].[Sn].[Zn]. The minimum Gasteiger partial charge on any atom is 0 e. The van der Waals surface area contributed by atoms with Gasteiger partial charge in [-0.05, 0) is 0 Å². The van der Waals surface area contributed by atoms with Crippen LogP contribution in [-0.4, -0.2) is 67.3 Å². The molecule has 0 unspecified atom stereocenters. The molecule has 0 aromatic rings. The number of rotatable bonds is 0. The van der Waals surface area contributed by atoms with Crippen LogP contribution in [0.2, 0.25) is 0 Å². The van der Waals surface area contributed by atoms with Gasteiger partial charge in [-0.25, -0.2) is 0 Å². The van der Waals surface area contributed by atoms with Crippen molar-refractivity contribution >= 4 is 67.3 Å². The van der Waals surface area contributed by atoms with E-state index in [0.717, 1.165) is 0 Å². The normalized spacial score (nSPS) is 0. The van der Waals surface area contributed by atoms with E-state index in [2.05, 4.69) is 0 Å². The fourth-order valence-electron chi connectivity index (χ4n) is 0. The maximum atomic E-state index is 0. The van der Waals surface area contributed by atoms with Gasteiger partial charge >= 0.3 is 0 Å². The topological polar surface area (TPSA) is 0 Å². The molecule has 0 aliphatic heterocycles. The molecule has 0 nitrogen and oxygen atoms in total. The van der Waals surface area contributed by atoms with Crippen LogP contribution in [-0.2, 0) is 36.5 Å². The third kappa shape index (κ3) is 18.7. The van der Waals surface area contributed by atoms with Crippen molar-refractivity contribution in [2.24, 2.45) is 0 Å². The summed E-state index contributed by atoms with van der Waals surface area (Å²) >= 11 is 0. The van der Waals surface area contributed by atoms with Gasteiger partial charge in [-0.3, -0.25) is 0 Å². The Labute approximate surface area is 102 Å². The Kier molecular flexibility index (Phi) is 212. The summed E-state index contributed by atoms with van der Waals surface area (Å²) in [6.45, 7) is 0. The Balaban J connectivity index is 0. The van der Waals surface area contributed by atoms with Crippen LogP contribution >= 0.6 is 0 Å². The van der Waals surface area contributed by atoms with Crippen molar-refractivity contribution in [3.05, 3.63) is 0 Å². The van der Waals surface area contributed by atoms with E-state index in [4.69, 9.17) is 0 Å². The van der Waals surface area contributed by atoms with Crippen LogP contribution < -0.4 is 0 Å². The largest absolute Gasteiger partial charge is 0 e. The average Bonchev–Trinajstić information content (AvgIpc) is 0. The summed E-state index contributed by atoms with van der Waals surface area (Å²) < 4.78 is 0. The predicted octanol–water partition coefficient (Wildman–Crippen LogP) is -1.15. The quantitative estimate of drug-likeness (QED) is 0.429. The second kappa shape index (κ2) is 26.4. The van der Waals surface area contributed by atoms with Gasteiger partial charge in [0.15, 0.2) is 0 Å². The van der Waals surface area contributed by atoms with Gasteiger partial charge in [-0.2, -0.15) is 0 Å². The maximum absolute atomic E-state index is 0. The first-order valence-electron chi connectivity index (χ1n) is 0. The molecule has 0 aromatic carbocycles. The fourth-order valence-corrected chi connectivity index (χ4v) is 0. The first-order chi connectivity index (χ1) is 0. The van der Waals surface area contributed by atoms with Crippen LogP contribution in [0.3, 0.4) is 0 Å². The molecule has 0 rings (SSSR count). The van der Waals surface area contributed by atoms with Crippen molar-refractivity contribution in [1.29, 1.82) is 0 Å². The third-order valence-electron chi connectivity index (χ3n) is 0. The molecule has 5 heavy (non-hydrogen) atoms. The van der Waals surface area contributed by atoms with Gasteiger partial charge in [0, 0.05) is 104 Å². The van der Waals surface area contributed by atoms with Gasteiger partial charge in [0.1, 0.15) is 0 Å². The van der Waals surface area contributed by atoms with E-state index >= 15 is 0 Å². The molecule has 0 atom stereocenters. The minimum atomic E-state index is 0. The van der Waals surface area contributed by atoms with Crippen LogP contribution in [0, 0.1) is 0 Å². The molecule has 0 bridgehead atoms. The summed E-state index contributed by atoms with van der Waals surface area (Å²) in [4.78, 5) is 0. The zero-order chi connectivity index (χ0) is 0. The third-order valence-corrected chi connectivity index (χ3v) is 0. The van der Waals surface area contributed by atoms with Crippen LogP contribution in [0.4, 0.5) is 0 Å². The standard InChI is InChI=1S/Fe.Ge.In.Sn.Zn. The number of hydrogen-bond acceptors (Lipinski definition) is 0. The molecule has 5 heteroatoms. The average molecular weight is 427 g/mol. The second-order valence-corrected chi connectivity index (χ2v) is 0. The molecule has 0 amide bonds. The minimum absolute atomic E-state index is 0. The maximum Gasteiger partial charge on any atom is 0 e. The van der Waals surface area contributed by atoms with Crippen molar-refractivity contribution in [1.82, 2.24) is 0 Å². The molecule has 0 spiro atoms. The van der Waals surface area contributed by atoms with Crippen molar-refractivity contribution in [2.45, 2.75) is 0 Å². The summed E-state index contributed by atoms with van der Waals surface area (Å²) in [6, 6.07) is 0. The molecule has 0 fully saturated rings. The van der Waals surface area contributed by atoms with E-state index in [0.29, 0.717) is 0 Å². The van der Waals surface area contributed by atoms with E-state index in [1.807, 2.05) is 0 Å². The van der Waals surface area contributed by atoms with E-state index in [1.165, 1.54) is 0 Å². The fraction of sp³-hybridized carbons (Fsp3) is 0. The van der Waals surface area contributed by atoms with E-state index in [9.17, 15) is 0 Å². The van der Waals surface area contributed by atoms with E-state index in [-0.39, 0.29) is 104 Å². The molecule has 21 valence electrons. The molecule has 0 heterocycles. The Morgan fingerprint density at radius 1 is 1.00 bits per heavy atom. The summed E-state index contributed by atoms with van der Waals surface area (Å²) in [5.74, 6) is 0. The second-order valence-electron chi connectivity index (χ2n) is 0. The van der Waals surface area contributed by atoms with Crippen molar-refractivity contribution < 1.29 is 36.5 Å². The van der Waals surface area contributed by atoms with Gasteiger partial charge in [0.25, 0.3) is 0 Å². The zero-order valence-corrected chi connectivity index (χ0v) is 15.0. The molecule has 0 N–H and O–H groups in total. The van der Waals surface area contributed by atoms with E-state index in [1.54, 1.807) is 0 Å². The van der Waals surface area contributed by atoms with Crippen molar-refractivity contribution in [2.75, 3.05) is 0 Å². The molecular formula is FeGeInSnZn. The first kappa shape index (κ1) is 40.2. The molecule has 0 aromatic heterocycles. The molecule has 0 aliphatic carbocycles. The number of hydrogen-bond donors (Lipinski definition) is 0. The van der Waals surface area contributed by atoms with Crippen LogP contribution in [0.25, 0.3) is 0 Å². The molecular weight excluding hydrogens is 427 g/mol. The summed E-state index contributed by atoms with van der Waals surface area (Å²) in [7, 11) is 0. The smallest absolute Gasteiger partial charge is 0 e. The molecule has 0 saturated carbocycles. The molecule has 0 saturated heterocycles. The van der Waals surface area contributed by atoms with Gasteiger partial charge in [-0.1, -0.05) is 0 Å². The summed E-state index contributed by atoms with van der Waals surface area (Å²) in [5.41, 5.74) is 0. The van der Waals surface area contributed by atoms with Crippen molar-refractivity contribution in [3.8, 4) is 0 Å². The Hall–Kier alpha value is 3.35. The monoisotopic (exact) mass is 429 g/mol. The van der Waals surface area contributed by atoms with Crippen LogP contribution in [0.1, 0.15) is 0 Å². The summed E-state index contributed by atoms with van der Waals surface area (Å²) in [5, 5.41) is 0. The van der Waals surface area contributed by atoms with Gasteiger partial charge in [-0.15, -0.1) is 0 Å². The molecule has 11 radical (unpaired) electrons. The Bertz CT molecular complexity index is 11.6. The van der Waals surface area contributed by atoms with Crippen LogP contribution in [0.15, 0.2) is 0 Å². The first-order valence-corrected chi connectivity index (χ1v) is 0. The van der Waals surface area contributed by atoms with E-state index < -0.39 is 0 Å². The molecule has 0 aliphatic rings. The van der Waals surface area contributed by atoms with Crippen molar-refractivity contribution in [3.63, 3.8) is 0 Å². The summed E-state index contributed by atoms with van der Waals surface area (Å²) in [6.07, 6.45) is 0. The Morgan fingerprint density at radius 2 is 1.00 bits per heavy atom. The van der Waals surface area contributed by atoms with Gasteiger partial charge < -0.3 is 0 Å². The van der Waals surface area contributed by atoms with Gasteiger partial charge in [0.2, 0.25) is 0 Å². The predicted molar refractivity (Wildman–Crippen MR) is 17.3 cm³/mol. The van der Waals surface area contributed by atoms with Gasteiger partial charge in [0.05, 0.1) is 0 Å². The zero-order valence-electron chi connectivity index (χ0n) is 2.64.